The van der Waals surface area contributed by atoms with Crippen LogP contribution in [0.4, 0.5) is 4.39 Å². The molecule has 5 nitrogen and oxygen atoms in total. The molecule has 0 bridgehead atoms. The van der Waals surface area contributed by atoms with Crippen molar-refractivity contribution in [2.24, 2.45) is 5.92 Å². The Labute approximate surface area is 213 Å². The maximum Gasteiger partial charge on any atom is 0.145 e. The summed E-state index contributed by atoms with van der Waals surface area (Å²) in [6.45, 7) is 0.630. The molecule has 186 valence electrons. The minimum atomic E-state index is -1.20. The Bertz CT molecular complexity index is 1180. The highest BCUT2D eigenvalue weighted by Gasteiger charge is 2.37. The van der Waals surface area contributed by atoms with Crippen LogP contribution in [-0.4, -0.2) is 22.0 Å². The Hall–Kier alpha value is -1.96. The number of halogens is 3. The molecule has 2 N–H and O–H groups in total. The van der Waals surface area contributed by atoms with Crippen molar-refractivity contribution in [2.45, 2.75) is 63.3 Å². The third kappa shape index (κ3) is 5.13. The van der Waals surface area contributed by atoms with Gasteiger partial charge in [-0.05, 0) is 68.2 Å². The van der Waals surface area contributed by atoms with Gasteiger partial charge in [0.05, 0.1) is 28.9 Å². The quantitative estimate of drug-likeness (QED) is 0.344. The van der Waals surface area contributed by atoms with Crippen LogP contribution in [0.25, 0.3) is 11.3 Å². The molecule has 0 atom stereocenters. The van der Waals surface area contributed by atoms with Gasteiger partial charge >= 0.3 is 0 Å². The zero-order valence-corrected chi connectivity index (χ0v) is 20.8. The highest BCUT2D eigenvalue weighted by Crippen LogP contribution is 2.46. The average Bonchev–Trinajstić information content (AvgIpc) is 3.61. The van der Waals surface area contributed by atoms with E-state index in [2.05, 4.69) is 5.16 Å². The normalized spacial score (nSPS) is 22.5. The Balaban J connectivity index is 1.24. The third-order valence-corrected chi connectivity index (χ3v) is 7.85. The van der Waals surface area contributed by atoms with E-state index < -0.39 is 11.4 Å². The van der Waals surface area contributed by atoms with Gasteiger partial charge in [-0.15, -0.1) is 0 Å². The number of rotatable bonds is 8. The maximum atomic E-state index is 14.5. The summed E-state index contributed by atoms with van der Waals surface area (Å²) >= 11 is 12.9. The molecular formula is C27H28Cl2FNO4. The number of aromatic nitrogens is 1. The minimum Gasteiger partial charge on any atom is -0.392 e. The van der Waals surface area contributed by atoms with Gasteiger partial charge < -0.3 is 19.5 Å². The van der Waals surface area contributed by atoms with Crippen molar-refractivity contribution in [1.82, 2.24) is 5.16 Å². The lowest BCUT2D eigenvalue weighted by Gasteiger charge is -2.36. The van der Waals surface area contributed by atoms with Crippen molar-refractivity contribution >= 4 is 23.2 Å². The van der Waals surface area contributed by atoms with E-state index in [4.69, 9.17) is 32.5 Å². The van der Waals surface area contributed by atoms with E-state index >= 15 is 0 Å². The van der Waals surface area contributed by atoms with E-state index in [1.165, 1.54) is 6.07 Å². The van der Waals surface area contributed by atoms with Gasteiger partial charge in [-0.1, -0.05) is 46.6 Å². The van der Waals surface area contributed by atoms with Crippen molar-refractivity contribution in [3.05, 3.63) is 74.7 Å². The van der Waals surface area contributed by atoms with Crippen LogP contribution in [0.3, 0.4) is 0 Å². The van der Waals surface area contributed by atoms with Crippen LogP contribution in [-0.2, 0) is 23.6 Å². The largest absolute Gasteiger partial charge is 0.392 e. The zero-order valence-electron chi connectivity index (χ0n) is 19.3. The summed E-state index contributed by atoms with van der Waals surface area (Å²) in [4.78, 5) is 0. The fourth-order valence-electron chi connectivity index (χ4n) is 5.00. The monoisotopic (exact) mass is 519 g/mol. The molecule has 5 rings (SSSR count). The molecule has 0 aliphatic heterocycles. The average molecular weight is 520 g/mol. The van der Waals surface area contributed by atoms with Gasteiger partial charge in [0.1, 0.15) is 17.3 Å². The highest BCUT2D eigenvalue weighted by atomic mass is 35.5. The lowest BCUT2D eigenvalue weighted by molar-refractivity contribution is -0.0325. The van der Waals surface area contributed by atoms with Crippen molar-refractivity contribution < 1.29 is 23.9 Å². The first-order chi connectivity index (χ1) is 16.9. The van der Waals surface area contributed by atoms with E-state index in [0.29, 0.717) is 64.4 Å². The van der Waals surface area contributed by atoms with E-state index in [1.807, 2.05) is 0 Å². The first-order valence-electron chi connectivity index (χ1n) is 12.0. The molecule has 2 aliphatic rings. The van der Waals surface area contributed by atoms with Gasteiger partial charge in [0.15, 0.2) is 0 Å². The van der Waals surface area contributed by atoms with Crippen LogP contribution in [0, 0.1) is 11.7 Å². The van der Waals surface area contributed by atoms with Crippen LogP contribution in [0.5, 0.6) is 0 Å². The number of hydrogen-bond donors (Lipinski definition) is 2. The predicted molar refractivity (Wildman–Crippen MR) is 132 cm³/mol. The highest BCUT2D eigenvalue weighted by molar-refractivity contribution is 6.39. The maximum absolute atomic E-state index is 14.5. The number of benzene rings is 2. The summed E-state index contributed by atoms with van der Waals surface area (Å²) in [6, 6.07) is 9.89. The number of aliphatic hydroxyl groups excluding tert-OH is 1. The van der Waals surface area contributed by atoms with Crippen molar-refractivity contribution in [1.29, 1.82) is 0 Å². The van der Waals surface area contributed by atoms with Crippen molar-refractivity contribution in [3.63, 3.8) is 0 Å². The van der Waals surface area contributed by atoms with Crippen molar-refractivity contribution in [3.8, 4) is 11.3 Å². The summed E-state index contributed by atoms with van der Waals surface area (Å²) in [5.74, 6) is 0.981. The van der Waals surface area contributed by atoms with Gasteiger partial charge in [-0.2, -0.15) is 0 Å². The molecule has 0 saturated heterocycles. The summed E-state index contributed by atoms with van der Waals surface area (Å²) < 4.78 is 26.4. The van der Waals surface area contributed by atoms with Gasteiger partial charge in [-0.3, -0.25) is 0 Å². The molecule has 0 amide bonds. The van der Waals surface area contributed by atoms with Crippen LogP contribution in [0.2, 0.25) is 10.0 Å². The van der Waals surface area contributed by atoms with Gasteiger partial charge in [0.25, 0.3) is 0 Å². The second-order valence-corrected chi connectivity index (χ2v) is 10.5. The van der Waals surface area contributed by atoms with E-state index in [-0.39, 0.29) is 12.5 Å². The third-order valence-electron chi connectivity index (χ3n) is 7.22. The second-order valence-electron chi connectivity index (χ2n) is 9.71. The number of hydrogen-bond acceptors (Lipinski definition) is 5. The Morgan fingerprint density at radius 2 is 1.80 bits per heavy atom. The lowest BCUT2D eigenvalue weighted by Crippen LogP contribution is -2.33. The number of aliphatic hydroxyl groups is 2. The Morgan fingerprint density at radius 1 is 1.09 bits per heavy atom. The molecule has 35 heavy (non-hydrogen) atoms. The van der Waals surface area contributed by atoms with Gasteiger partial charge in [0.2, 0.25) is 0 Å². The predicted octanol–water partition coefficient (Wildman–Crippen LogP) is 6.75. The summed E-state index contributed by atoms with van der Waals surface area (Å²) in [6.07, 6.45) is 4.48. The van der Waals surface area contributed by atoms with Gasteiger partial charge in [0, 0.05) is 29.2 Å². The SMILES string of the molecule is OCc1ccc(C2(O)CCC(COCc3c(-c4c(Cl)cccc4Cl)noc3C3CC3)CC2)c(F)c1. The summed E-state index contributed by atoms with van der Waals surface area (Å²) in [5, 5.41) is 25.6. The standard InChI is InChI=1S/C27H28Cl2FNO4/c28-21-2-1-3-22(29)24(21)25-19(26(35-31-25)18-5-6-18)15-34-14-16-8-10-27(33,11-9-16)20-7-4-17(13-32)12-23(20)30/h1-4,7,12,16,18,32-33H,5-6,8-11,13-15H2. The first-order valence-corrected chi connectivity index (χ1v) is 12.8. The fourth-order valence-corrected chi connectivity index (χ4v) is 5.58. The molecule has 0 radical (unpaired) electrons. The summed E-state index contributed by atoms with van der Waals surface area (Å²) in [7, 11) is 0. The molecule has 2 aliphatic carbocycles. The molecule has 0 unspecified atom stereocenters. The molecule has 1 aromatic heterocycles. The van der Waals surface area contributed by atoms with Crippen LogP contribution in [0.1, 0.15) is 66.9 Å². The van der Waals surface area contributed by atoms with Crippen molar-refractivity contribution in [2.75, 3.05) is 6.61 Å². The molecule has 1 heterocycles. The van der Waals surface area contributed by atoms with Crippen LogP contribution in [0.15, 0.2) is 40.9 Å². The zero-order chi connectivity index (χ0) is 24.6. The number of nitrogens with zero attached hydrogens (tertiary/aromatic N) is 1. The number of ether oxygens (including phenoxy) is 1. The molecular weight excluding hydrogens is 492 g/mol. The van der Waals surface area contributed by atoms with E-state index in [1.54, 1.807) is 30.3 Å². The topological polar surface area (TPSA) is 75.7 Å². The molecule has 0 spiro atoms. The molecule has 2 fully saturated rings. The van der Waals surface area contributed by atoms with Crippen LogP contribution >= 0.6 is 23.2 Å². The molecule has 8 heteroatoms. The fraction of sp³-hybridized carbons (Fsp3) is 0.444. The van der Waals surface area contributed by atoms with E-state index in [0.717, 1.165) is 37.0 Å². The smallest absolute Gasteiger partial charge is 0.145 e. The molecule has 3 aromatic rings. The lowest BCUT2D eigenvalue weighted by atomic mass is 9.75. The molecule has 2 aromatic carbocycles. The van der Waals surface area contributed by atoms with Crippen LogP contribution < -0.4 is 0 Å². The molecule has 2 saturated carbocycles. The van der Waals surface area contributed by atoms with Gasteiger partial charge in [-0.25, -0.2) is 4.39 Å². The summed E-state index contributed by atoms with van der Waals surface area (Å²) in [5.41, 5.74) is 1.77. The second kappa shape index (κ2) is 10.2. The van der Waals surface area contributed by atoms with E-state index in [9.17, 15) is 14.6 Å². The minimum absolute atomic E-state index is 0.228. The Morgan fingerprint density at radius 3 is 2.43 bits per heavy atom. The Kier molecular flexibility index (Phi) is 7.20. The first kappa shape index (κ1) is 24.7.